The average Bonchev–Trinajstić information content (AvgIpc) is 3.26. The first-order chi connectivity index (χ1) is 9.31. The highest BCUT2D eigenvalue weighted by atomic mass is 15.1. The molecule has 1 N–H and O–H groups in total. The van der Waals surface area contributed by atoms with Gasteiger partial charge in [0.25, 0.3) is 0 Å². The molecule has 0 spiro atoms. The summed E-state index contributed by atoms with van der Waals surface area (Å²) in [4.78, 5) is 7.06. The molecule has 0 amide bonds. The molecule has 1 saturated carbocycles. The van der Waals surface area contributed by atoms with Crippen molar-refractivity contribution in [1.82, 2.24) is 15.2 Å². The predicted molar refractivity (Wildman–Crippen MR) is 80.0 cm³/mol. The van der Waals surface area contributed by atoms with E-state index in [1.165, 1.54) is 43.5 Å². The Morgan fingerprint density at radius 1 is 1.32 bits per heavy atom. The third-order valence-electron chi connectivity index (χ3n) is 3.72. The van der Waals surface area contributed by atoms with Crippen molar-refractivity contribution in [1.29, 1.82) is 0 Å². The van der Waals surface area contributed by atoms with E-state index in [4.69, 9.17) is 0 Å². The van der Waals surface area contributed by atoms with Crippen molar-refractivity contribution in [2.75, 3.05) is 13.1 Å². The molecule has 0 aromatic carbocycles. The summed E-state index contributed by atoms with van der Waals surface area (Å²) in [6.07, 6.45) is 7.24. The van der Waals surface area contributed by atoms with Crippen LogP contribution < -0.4 is 5.32 Å². The molecule has 1 heterocycles. The van der Waals surface area contributed by atoms with Crippen LogP contribution in [0.4, 0.5) is 0 Å². The van der Waals surface area contributed by atoms with Gasteiger partial charge in [0.05, 0.1) is 5.69 Å². The molecule has 106 valence electrons. The van der Waals surface area contributed by atoms with Gasteiger partial charge in [-0.05, 0) is 44.0 Å². The summed E-state index contributed by atoms with van der Waals surface area (Å²) in [6, 6.07) is 5.16. The Kier molecular flexibility index (Phi) is 5.80. The van der Waals surface area contributed by atoms with Crippen LogP contribution in [0, 0.1) is 0 Å². The summed E-state index contributed by atoms with van der Waals surface area (Å²) in [5, 5.41) is 3.52. The molecule has 0 saturated heterocycles. The normalized spacial score (nSPS) is 15.1. The van der Waals surface area contributed by atoms with Crippen molar-refractivity contribution in [2.24, 2.45) is 0 Å². The molecule has 0 atom stereocenters. The third kappa shape index (κ3) is 5.29. The summed E-state index contributed by atoms with van der Waals surface area (Å²) < 4.78 is 0. The van der Waals surface area contributed by atoms with Crippen molar-refractivity contribution in [3.8, 4) is 0 Å². The van der Waals surface area contributed by atoms with Crippen LogP contribution in [0.5, 0.6) is 0 Å². The van der Waals surface area contributed by atoms with Gasteiger partial charge in [0.2, 0.25) is 0 Å². The highest BCUT2D eigenvalue weighted by Gasteiger charge is 2.19. The number of unbranched alkanes of at least 4 members (excludes halogenated alkanes) is 1. The molecule has 1 aliphatic rings. The van der Waals surface area contributed by atoms with E-state index >= 15 is 0 Å². The number of pyridine rings is 1. The summed E-state index contributed by atoms with van der Waals surface area (Å²) in [7, 11) is 0. The fourth-order valence-electron chi connectivity index (χ4n) is 2.16. The zero-order valence-electron chi connectivity index (χ0n) is 12.4. The molecule has 2 rings (SSSR count). The number of hydrogen-bond donors (Lipinski definition) is 1. The van der Waals surface area contributed by atoms with Crippen LogP contribution >= 0.6 is 0 Å². The Balaban J connectivity index is 1.78. The maximum atomic E-state index is 4.59. The van der Waals surface area contributed by atoms with E-state index in [2.05, 4.69) is 41.2 Å². The van der Waals surface area contributed by atoms with Gasteiger partial charge in [0.15, 0.2) is 0 Å². The number of rotatable bonds is 9. The predicted octanol–water partition coefficient (Wildman–Crippen LogP) is 2.96. The van der Waals surface area contributed by atoms with Crippen molar-refractivity contribution < 1.29 is 0 Å². The molecular weight excluding hydrogens is 234 g/mol. The number of hydrogen-bond acceptors (Lipinski definition) is 3. The highest BCUT2D eigenvalue weighted by molar-refractivity contribution is 5.14. The molecule has 0 unspecified atom stereocenters. The summed E-state index contributed by atoms with van der Waals surface area (Å²) in [5.41, 5.74) is 2.49. The smallest absolute Gasteiger partial charge is 0.0544 e. The first-order valence-electron chi connectivity index (χ1n) is 7.71. The molecule has 19 heavy (non-hydrogen) atoms. The second-order valence-electron chi connectivity index (χ2n) is 5.54. The zero-order valence-corrected chi connectivity index (χ0v) is 12.4. The topological polar surface area (TPSA) is 28.2 Å². The van der Waals surface area contributed by atoms with Crippen molar-refractivity contribution in [3.05, 3.63) is 29.6 Å². The van der Waals surface area contributed by atoms with Gasteiger partial charge >= 0.3 is 0 Å². The molecule has 1 aromatic rings. The first kappa shape index (κ1) is 14.5. The fraction of sp³-hybridized carbons (Fsp3) is 0.688. The van der Waals surface area contributed by atoms with Gasteiger partial charge in [-0.15, -0.1) is 0 Å². The van der Waals surface area contributed by atoms with Crippen LogP contribution in [-0.4, -0.2) is 29.0 Å². The lowest BCUT2D eigenvalue weighted by Gasteiger charge is -2.19. The van der Waals surface area contributed by atoms with Crippen LogP contribution in [0.3, 0.4) is 0 Å². The number of aromatic nitrogens is 1. The Bertz CT molecular complexity index is 357. The van der Waals surface area contributed by atoms with E-state index in [1.807, 2.05) is 6.20 Å². The molecular formula is C16H27N3. The maximum absolute atomic E-state index is 4.59. The average molecular weight is 261 g/mol. The van der Waals surface area contributed by atoms with Gasteiger partial charge in [-0.3, -0.25) is 9.88 Å². The van der Waals surface area contributed by atoms with Gasteiger partial charge in [-0.25, -0.2) is 0 Å². The molecule has 0 radical (unpaired) electrons. The van der Waals surface area contributed by atoms with Crippen molar-refractivity contribution in [3.63, 3.8) is 0 Å². The van der Waals surface area contributed by atoms with Crippen molar-refractivity contribution in [2.45, 2.75) is 58.7 Å². The van der Waals surface area contributed by atoms with Crippen LogP contribution in [0.15, 0.2) is 18.3 Å². The van der Waals surface area contributed by atoms with Gasteiger partial charge in [0.1, 0.15) is 0 Å². The molecule has 1 fully saturated rings. The molecule has 3 nitrogen and oxygen atoms in total. The highest BCUT2D eigenvalue weighted by Crippen LogP contribution is 2.19. The van der Waals surface area contributed by atoms with E-state index in [-0.39, 0.29) is 0 Å². The first-order valence-corrected chi connectivity index (χ1v) is 7.71. The minimum absolute atomic E-state index is 0.768. The fourth-order valence-corrected chi connectivity index (χ4v) is 2.16. The minimum Gasteiger partial charge on any atom is -0.310 e. The Morgan fingerprint density at radius 2 is 2.16 bits per heavy atom. The molecule has 0 aliphatic heterocycles. The third-order valence-corrected chi connectivity index (χ3v) is 3.72. The summed E-state index contributed by atoms with van der Waals surface area (Å²) >= 11 is 0. The largest absolute Gasteiger partial charge is 0.310 e. The van der Waals surface area contributed by atoms with Gasteiger partial charge in [-0.2, -0.15) is 0 Å². The van der Waals surface area contributed by atoms with Gasteiger partial charge in [-0.1, -0.05) is 26.3 Å². The number of nitrogens with zero attached hydrogens (tertiary/aromatic N) is 2. The van der Waals surface area contributed by atoms with Crippen molar-refractivity contribution >= 4 is 0 Å². The van der Waals surface area contributed by atoms with Gasteiger partial charge in [0, 0.05) is 25.3 Å². The molecule has 1 aromatic heterocycles. The van der Waals surface area contributed by atoms with E-state index < -0.39 is 0 Å². The molecule has 0 bridgehead atoms. The van der Waals surface area contributed by atoms with E-state index in [1.54, 1.807) is 0 Å². The molecule has 1 aliphatic carbocycles. The summed E-state index contributed by atoms with van der Waals surface area (Å²) in [5.74, 6) is 0. The second-order valence-corrected chi connectivity index (χ2v) is 5.54. The van der Waals surface area contributed by atoms with E-state index in [0.29, 0.717) is 0 Å². The monoisotopic (exact) mass is 261 g/mol. The van der Waals surface area contributed by atoms with Gasteiger partial charge < -0.3 is 5.32 Å². The van der Waals surface area contributed by atoms with E-state index in [0.717, 1.165) is 25.7 Å². The second kappa shape index (κ2) is 7.61. The SMILES string of the molecule is CCCCN(CC)Cc1ccc(CNC2CC2)cn1. The lowest BCUT2D eigenvalue weighted by atomic mass is 10.2. The standard InChI is InChI=1S/C16H27N3/c1-3-5-10-19(4-2)13-16-7-6-14(12-18-16)11-17-15-8-9-15/h6-7,12,15,17H,3-5,8-11,13H2,1-2H3. The zero-order chi connectivity index (χ0) is 13.5. The Morgan fingerprint density at radius 3 is 2.74 bits per heavy atom. The minimum atomic E-state index is 0.768. The number of nitrogens with one attached hydrogen (secondary N) is 1. The van der Waals surface area contributed by atoms with Crippen LogP contribution in [-0.2, 0) is 13.1 Å². The van der Waals surface area contributed by atoms with Crippen LogP contribution in [0.2, 0.25) is 0 Å². The quantitative estimate of drug-likeness (QED) is 0.741. The molecule has 3 heteroatoms. The van der Waals surface area contributed by atoms with Crippen LogP contribution in [0.1, 0.15) is 50.8 Å². The Labute approximate surface area is 117 Å². The lowest BCUT2D eigenvalue weighted by Crippen LogP contribution is -2.24. The van der Waals surface area contributed by atoms with E-state index in [9.17, 15) is 0 Å². The van der Waals surface area contributed by atoms with Crippen LogP contribution in [0.25, 0.3) is 0 Å². The summed E-state index contributed by atoms with van der Waals surface area (Å²) in [6.45, 7) is 8.70. The Hall–Kier alpha value is -0.930. The maximum Gasteiger partial charge on any atom is 0.0544 e. The lowest BCUT2D eigenvalue weighted by molar-refractivity contribution is 0.272.